The molecular weight excluding hydrogens is 318 g/mol. The molecule has 0 spiro atoms. The fraction of sp³-hybridized carbons (Fsp3) is 0.562. The largest absolute Gasteiger partial charge is 0.478 e. The summed E-state index contributed by atoms with van der Waals surface area (Å²) in [6, 6.07) is 5.45. The second-order valence-electron chi connectivity index (χ2n) is 5.81. The second kappa shape index (κ2) is 7.11. The van der Waals surface area contributed by atoms with Gasteiger partial charge in [-0.25, -0.2) is 4.79 Å². The first kappa shape index (κ1) is 15.4. The summed E-state index contributed by atoms with van der Waals surface area (Å²) in [6.45, 7) is 3.17. The van der Waals surface area contributed by atoms with E-state index >= 15 is 0 Å². The van der Waals surface area contributed by atoms with E-state index in [0.717, 1.165) is 24.8 Å². The minimum absolute atomic E-state index is 0.324. The van der Waals surface area contributed by atoms with Gasteiger partial charge in [0.15, 0.2) is 0 Å². The molecule has 110 valence electrons. The third-order valence-corrected chi connectivity index (χ3v) is 4.89. The van der Waals surface area contributed by atoms with E-state index < -0.39 is 5.97 Å². The van der Waals surface area contributed by atoms with Gasteiger partial charge in [0.1, 0.15) is 0 Å². The fourth-order valence-corrected chi connectivity index (χ4v) is 3.45. The van der Waals surface area contributed by atoms with Crippen molar-refractivity contribution in [1.82, 2.24) is 0 Å². The first-order valence-corrected chi connectivity index (χ1v) is 8.13. The van der Waals surface area contributed by atoms with Crippen LogP contribution in [-0.4, -0.2) is 17.6 Å². The molecule has 0 aliphatic heterocycles. The highest BCUT2D eigenvalue weighted by Crippen LogP contribution is 2.30. The van der Waals surface area contributed by atoms with Crippen LogP contribution < -0.4 is 5.32 Å². The number of halogens is 1. The standard InChI is InChI=1S/C16H22BrNO2/c1-11-5-7-12(8-6-11)9-10-18-14-4-2-3-13(17)15(14)16(19)20/h2-4,11-12,18H,5-10H2,1H3,(H,19,20). The van der Waals surface area contributed by atoms with Crippen molar-refractivity contribution >= 4 is 27.6 Å². The van der Waals surface area contributed by atoms with E-state index in [9.17, 15) is 9.90 Å². The maximum atomic E-state index is 11.3. The zero-order chi connectivity index (χ0) is 14.5. The van der Waals surface area contributed by atoms with Gasteiger partial charge < -0.3 is 10.4 Å². The number of carboxylic acid groups (broad SMARTS) is 1. The third-order valence-electron chi connectivity index (χ3n) is 4.23. The van der Waals surface area contributed by atoms with E-state index in [1.807, 2.05) is 12.1 Å². The molecule has 0 saturated heterocycles. The Hall–Kier alpha value is -1.03. The van der Waals surface area contributed by atoms with Gasteiger partial charge in [0.25, 0.3) is 0 Å². The lowest BCUT2D eigenvalue weighted by atomic mass is 9.81. The number of carboxylic acids is 1. The van der Waals surface area contributed by atoms with Crippen LogP contribution in [0.25, 0.3) is 0 Å². The smallest absolute Gasteiger partial charge is 0.338 e. The van der Waals surface area contributed by atoms with Crippen molar-refractivity contribution in [2.24, 2.45) is 11.8 Å². The quantitative estimate of drug-likeness (QED) is 0.811. The van der Waals surface area contributed by atoms with Crippen LogP contribution >= 0.6 is 15.9 Å². The topological polar surface area (TPSA) is 49.3 Å². The van der Waals surface area contributed by atoms with Crippen LogP contribution in [0.3, 0.4) is 0 Å². The lowest BCUT2D eigenvalue weighted by Gasteiger charge is -2.26. The molecular formula is C16H22BrNO2. The Kier molecular flexibility index (Phi) is 5.46. The number of anilines is 1. The molecule has 3 nitrogen and oxygen atoms in total. The van der Waals surface area contributed by atoms with Crippen molar-refractivity contribution in [1.29, 1.82) is 0 Å². The van der Waals surface area contributed by atoms with Gasteiger partial charge in [0.2, 0.25) is 0 Å². The van der Waals surface area contributed by atoms with Crippen molar-refractivity contribution < 1.29 is 9.90 Å². The van der Waals surface area contributed by atoms with E-state index in [-0.39, 0.29) is 0 Å². The Labute approximate surface area is 128 Å². The first-order valence-electron chi connectivity index (χ1n) is 7.33. The lowest BCUT2D eigenvalue weighted by molar-refractivity contribution is 0.0697. The van der Waals surface area contributed by atoms with Crippen LogP contribution in [0.4, 0.5) is 5.69 Å². The molecule has 0 bridgehead atoms. The SMILES string of the molecule is CC1CCC(CCNc2cccc(Br)c2C(=O)O)CC1. The van der Waals surface area contributed by atoms with Crippen molar-refractivity contribution in [3.05, 3.63) is 28.2 Å². The molecule has 1 saturated carbocycles. The molecule has 0 atom stereocenters. The van der Waals surface area contributed by atoms with Crippen LogP contribution in [0.15, 0.2) is 22.7 Å². The molecule has 2 N–H and O–H groups in total. The minimum atomic E-state index is -0.897. The van der Waals surface area contributed by atoms with E-state index in [2.05, 4.69) is 28.2 Å². The number of rotatable bonds is 5. The Morgan fingerprint density at radius 1 is 1.35 bits per heavy atom. The van der Waals surface area contributed by atoms with Gasteiger partial charge in [-0.1, -0.05) is 38.7 Å². The normalized spacial score (nSPS) is 22.5. The molecule has 2 rings (SSSR count). The van der Waals surface area contributed by atoms with Gasteiger partial charge in [0, 0.05) is 16.7 Å². The molecule has 0 unspecified atom stereocenters. The molecule has 4 heteroatoms. The summed E-state index contributed by atoms with van der Waals surface area (Å²) in [7, 11) is 0. The summed E-state index contributed by atoms with van der Waals surface area (Å²) < 4.78 is 0.626. The van der Waals surface area contributed by atoms with Crippen LogP contribution in [0.1, 0.15) is 49.4 Å². The highest BCUT2D eigenvalue weighted by molar-refractivity contribution is 9.10. The van der Waals surface area contributed by atoms with Gasteiger partial charge in [-0.3, -0.25) is 0 Å². The van der Waals surface area contributed by atoms with Crippen molar-refractivity contribution in [2.75, 3.05) is 11.9 Å². The molecule has 0 heterocycles. The number of carbonyl (C=O) groups is 1. The van der Waals surface area contributed by atoms with Gasteiger partial charge in [-0.15, -0.1) is 0 Å². The maximum Gasteiger partial charge on any atom is 0.338 e. The Bertz CT molecular complexity index is 468. The number of hydrogen-bond donors (Lipinski definition) is 2. The minimum Gasteiger partial charge on any atom is -0.478 e. The molecule has 1 aromatic rings. The number of hydrogen-bond acceptors (Lipinski definition) is 2. The zero-order valence-electron chi connectivity index (χ0n) is 11.9. The molecule has 0 aromatic heterocycles. The highest BCUT2D eigenvalue weighted by atomic mass is 79.9. The van der Waals surface area contributed by atoms with E-state index in [1.165, 1.54) is 25.7 Å². The summed E-state index contributed by atoms with van der Waals surface area (Å²) in [5, 5.41) is 12.5. The third kappa shape index (κ3) is 3.98. The van der Waals surface area contributed by atoms with Crippen molar-refractivity contribution in [2.45, 2.75) is 39.0 Å². The predicted octanol–water partition coefficient (Wildman–Crippen LogP) is 4.78. The van der Waals surface area contributed by atoms with Crippen LogP contribution in [0.2, 0.25) is 0 Å². The zero-order valence-corrected chi connectivity index (χ0v) is 13.4. The van der Waals surface area contributed by atoms with E-state index in [1.54, 1.807) is 6.07 Å². The fourth-order valence-electron chi connectivity index (χ4n) is 2.92. The Balaban J connectivity index is 1.88. The molecule has 0 radical (unpaired) electrons. The van der Waals surface area contributed by atoms with Crippen molar-refractivity contribution in [3.8, 4) is 0 Å². The molecule has 1 fully saturated rings. The molecule has 1 aliphatic carbocycles. The monoisotopic (exact) mass is 339 g/mol. The summed E-state index contributed by atoms with van der Waals surface area (Å²) in [5.41, 5.74) is 1.03. The predicted molar refractivity (Wildman–Crippen MR) is 85.3 cm³/mol. The highest BCUT2D eigenvalue weighted by Gasteiger charge is 2.18. The van der Waals surface area contributed by atoms with Gasteiger partial charge in [-0.05, 0) is 46.3 Å². The van der Waals surface area contributed by atoms with Crippen LogP contribution in [0, 0.1) is 11.8 Å². The number of nitrogens with one attached hydrogen (secondary N) is 1. The molecule has 1 aromatic carbocycles. The first-order chi connectivity index (χ1) is 9.58. The second-order valence-corrected chi connectivity index (χ2v) is 6.66. The Morgan fingerprint density at radius 2 is 2.05 bits per heavy atom. The van der Waals surface area contributed by atoms with Gasteiger partial charge in [0.05, 0.1) is 5.56 Å². The molecule has 20 heavy (non-hydrogen) atoms. The van der Waals surface area contributed by atoms with E-state index in [0.29, 0.717) is 15.7 Å². The molecule has 0 amide bonds. The van der Waals surface area contributed by atoms with E-state index in [4.69, 9.17) is 0 Å². The summed E-state index contributed by atoms with van der Waals surface area (Å²) in [4.78, 5) is 11.3. The number of benzene rings is 1. The van der Waals surface area contributed by atoms with Gasteiger partial charge >= 0.3 is 5.97 Å². The van der Waals surface area contributed by atoms with Crippen molar-refractivity contribution in [3.63, 3.8) is 0 Å². The average Bonchev–Trinajstić information content (AvgIpc) is 2.40. The van der Waals surface area contributed by atoms with Crippen LogP contribution in [-0.2, 0) is 0 Å². The summed E-state index contributed by atoms with van der Waals surface area (Å²) >= 11 is 3.30. The Morgan fingerprint density at radius 3 is 2.70 bits per heavy atom. The van der Waals surface area contributed by atoms with Gasteiger partial charge in [-0.2, -0.15) is 0 Å². The summed E-state index contributed by atoms with van der Waals surface area (Å²) in [6.07, 6.45) is 6.42. The average molecular weight is 340 g/mol. The van der Waals surface area contributed by atoms with Crippen LogP contribution in [0.5, 0.6) is 0 Å². The lowest BCUT2D eigenvalue weighted by Crippen LogP contribution is -2.16. The maximum absolute atomic E-state index is 11.3. The molecule has 1 aliphatic rings. The number of aromatic carboxylic acids is 1. The summed E-state index contributed by atoms with van der Waals surface area (Å²) in [5.74, 6) is 0.772.